The Labute approximate surface area is 308 Å². The third-order valence-electron chi connectivity index (χ3n) is 10.9. The van der Waals surface area contributed by atoms with Gasteiger partial charge in [0.2, 0.25) is 11.8 Å². The van der Waals surface area contributed by atoms with Gasteiger partial charge in [-0.15, -0.1) is 0 Å². The number of aliphatic hydroxyl groups excluding tert-OH is 1. The number of ether oxygens (including phenoxy) is 2. The Balaban J connectivity index is 1.09. The molecule has 6 rings (SSSR count). The van der Waals surface area contributed by atoms with Gasteiger partial charge in [-0.1, -0.05) is 85.6 Å². The number of rotatable bonds is 17. The van der Waals surface area contributed by atoms with Crippen LogP contribution in [0.15, 0.2) is 72.8 Å². The summed E-state index contributed by atoms with van der Waals surface area (Å²) in [6, 6.07) is 25.2. The van der Waals surface area contributed by atoms with Crippen LogP contribution in [0, 0.1) is 0 Å². The highest BCUT2D eigenvalue weighted by molar-refractivity contribution is 5.76. The summed E-state index contributed by atoms with van der Waals surface area (Å²) in [6.07, 6.45) is 9.18. The Kier molecular flexibility index (Phi) is 14.2. The summed E-state index contributed by atoms with van der Waals surface area (Å²) in [4.78, 5) is 29.0. The van der Waals surface area contributed by atoms with Crippen LogP contribution in [-0.2, 0) is 32.2 Å². The maximum atomic E-state index is 12.6. The van der Waals surface area contributed by atoms with E-state index in [-0.39, 0.29) is 30.6 Å². The molecule has 0 bridgehead atoms. The number of likely N-dealkylation sites (tertiary alicyclic amines) is 2. The fourth-order valence-corrected chi connectivity index (χ4v) is 7.94. The van der Waals surface area contributed by atoms with Crippen LogP contribution in [0.1, 0.15) is 105 Å². The maximum Gasteiger partial charge on any atom is 0.243 e. The highest BCUT2D eigenvalue weighted by Crippen LogP contribution is 2.39. The van der Waals surface area contributed by atoms with Crippen molar-refractivity contribution in [2.24, 2.45) is 0 Å². The normalized spacial score (nSPS) is 22.4. The zero-order valence-electron chi connectivity index (χ0n) is 30.4. The van der Waals surface area contributed by atoms with Crippen molar-refractivity contribution in [2.45, 2.75) is 108 Å². The highest BCUT2D eigenvalue weighted by atomic mass is 16.7. The SMILES string of the molecule is O=C(CCCCCCC(=O)NCc1ccccc1-c1ccc([C@H]2O[C@@H](CN3CCC[C@H]3CN3CCCC3)C[C@@H](c3ccc(CO)cc3)O2)cc1)NO. The molecule has 10 heteroatoms. The Hall–Kier alpha value is -3.64. The number of carbonyl (C=O) groups is 2. The second-order valence-electron chi connectivity index (χ2n) is 14.7. The largest absolute Gasteiger partial charge is 0.392 e. The zero-order chi connectivity index (χ0) is 36.1. The van der Waals surface area contributed by atoms with Crippen molar-refractivity contribution in [1.82, 2.24) is 20.6 Å². The van der Waals surface area contributed by atoms with Crippen LogP contribution >= 0.6 is 0 Å². The predicted octanol–water partition coefficient (Wildman–Crippen LogP) is 6.41. The lowest BCUT2D eigenvalue weighted by Crippen LogP contribution is -2.45. The van der Waals surface area contributed by atoms with Gasteiger partial charge in [-0.05, 0) is 86.0 Å². The molecule has 10 nitrogen and oxygen atoms in total. The number of hydrogen-bond acceptors (Lipinski definition) is 8. The summed E-state index contributed by atoms with van der Waals surface area (Å²) in [5, 5.41) is 21.3. The van der Waals surface area contributed by atoms with Crippen LogP contribution in [0.2, 0.25) is 0 Å². The number of nitrogens with zero attached hydrogens (tertiary/aromatic N) is 2. The smallest absolute Gasteiger partial charge is 0.243 e. The maximum absolute atomic E-state index is 12.6. The van der Waals surface area contributed by atoms with Gasteiger partial charge in [-0.25, -0.2) is 5.48 Å². The Morgan fingerprint density at radius 3 is 2.21 bits per heavy atom. The molecule has 3 saturated heterocycles. The molecule has 3 aliphatic heterocycles. The molecule has 0 spiro atoms. The molecule has 3 heterocycles. The third-order valence-corrected chi connectivity index (χ3v) is 10.9. The van der Waals surface area contributed by atoms with Crippen molar-refractivity contribution in [3.8, 4) is 11.1 Å². The van der Waals surface area contributed by atoms with Crippen molar-refractivity contribution in [2.75, 3.05) is 32.7 Å². The monoisotopic (exact) mass is 712 g/mol. The molecule has 3 fully saturated rings. The van der Waals surface area contributed by atoms with Crippen molar-refractivity contribution in [3.05, 3.63) is 95.1 Å². The number of hydroxylamine groups is 1. The molecule has 4 atom stereocenters. The Morgan fingerprint density at radius 2 is 1.48 bits per heavy atom. The fraction of sp³-hybridized carbons (Fsp3) is 0.524. The highest BCUT2D eigenvalue weighted by Gasteiger charge is 2.36. The number of unbranched alkanes of at least 4 members (excludes halogenated alkanes) is 3. The molecule has 0 saturated carbocycles. The molecule has 2 amide bonds. The number of benzene rings is 3. The minimum atomic E-state index is -0.503. The van der Waals surface area contributed by atoms with E-state index in [0.717, 1.165) is 78.7 Å². The fourth-order valence-electron chi connectivity index (χ4n) is 7.94. The number of hydrogen-bond donors (Lipinski definition) is 4. The first-order chi connectivity index (χ1) is 25.5. The van der Waals surface area contributed by atoms with E-state index in [4.69, 9.17) is 14.7 Å². The van der Waals surface area contributed by atoms with E-state index in [1.54, 1.807) is 5.48 Å². The van der Waals surface area contributed by atoms with Crippen molar-refractivity contribution in [1.29, 1.82) is 0 Å². The van der Waals surface area contributed by atoms with Gasteiger partial charge in [0.25, 0.3) is 0 Å². The van der Waals surface area contributed by atoms with E-state index < -0.39 is 6.29 Å². The van der Waals surface area contributed by atoms with Gasteiger partial charge in [0.1, 0.15) is 0 Å². The second-order valence-corrected chi connectivity index (χ2v) is 14.7. The van der Waals surface area contributed by atoms with E-state index in [1.165, 1.54) is 38.8 Å². The minimum Gasteiger partial charge on any atom is -0.392 e. The minimum absolute atomic E-state index is 0.0104. The summed E-state index contributed by atoms with van der Waals surface area (Å²) in [5.74, 6) is -0.365. The average molecular weight is 713 g/mol. The van der Waals surface area contributed by atoms with Crippen LogP contribution in [0.3, 0.4) is 0 Å². The molecule has 52 heavy (non-hydrogen) atoms. The van der Waals surface area contributed by atoms with Crippen LogP contribution in [0.25, 0.3) is 11.1 Å². The second kappa shape index (κ2) is 19.4. The average Bonchev–Trinajstić information content (AvgIpc) is 3.87. The molecule has 3 aromatic carbocycles. The Morgan fingerprint density at radius 1 is 0.769 bits per heavy atom. The molecule has 0 unspecified atom stereocenters. The molecular weight excluding hydrogens is 656 g/mol. The summed E-state index contributed by atoms with van der Waals surface area (Å²) >= 11 is 0. The van der Waals surface area contributed by atoms with Gasteiger partial charge < -0.3 is 24.8 Å². The summed E-state index contributed by atoms with van der Waals surface area (Å²) in [5.41, 5.74) is 7.79. The number of amides is 2. The molecular formula is C42H56N4O6. The van der Waals surface area contributed by atoms with Crippen LogP contribution < -0.4 is 10.8 Å². The summed E-state index contributed by atoms with van der Waals surface area (Å²) < 4.78 is 13.4. The standard InChI is InChI=1S/C42H56N4O6/c47-30-31-15-17-33(18-16-31)39-26-37(29-46-25-9-11-36(46)28-45-23-7-8-24-45)51-42(52-39)34-21-19-32(20-22-34)38-12-6-5-10-35(38)27-43-40(48)13-3-1-2-4-14-41(49)44-50/h5-6,10,12,15-22,36-37,39,42,47,50H,1-4,7-9,11,13-14,23-30H2,(H,43,48)(H,44,49)/t36-,37+,39-,42-/m0/s1. The first kappa shape index (κ1) is 38.1. The molecule has 3 aromatic rings. The number of carbonyl (C=O) groups excluding carboxylic acids is 2. The third kappa shape index (κ3) is 10.7. The van der Waals surface area contributed by atoms with Gasteiger partial charge in [-0.3, -0.25) is 19.7 Å². The van der Waals surface area contributed by atoms with E-state index in [0.29, 0.717) is 31.8 Å². The first-order valence-electron chi connectivity index (χ1n) is 19.3. The Bertz CT molecular complexity index is 1560. The summed E-state index contributed by atoms with van der Waals surface area (Å²) in [7, 11) is 0. The van der Waals surface area contributed by atoms with Gasteiger partial charge >= 0.3 is 0 Å². The van der Waals surface area contributed by atoms with E-state index in [9.17, 15) is 14.7 Å². The molecule has 0 radical (unpaired) electrons. The lowest BCUT2D eigenvalue weighted by atomic mass is 9.97. The zero-order valence-corrected chi connectivity index (χ0v) is 30.4. The van der Waals surface area contributed by atoms with E-state index >= 15 is 0 Å². The van der Waals surface area contributed by atoms with E-state index in [2.05, 4.69) is 63.6 Å². The lowest BCUT2D eigenvalue weighted by Gasteiger charge is -2.39. The van der Waals surface area contributed by atoms with Crippen LogP contribution in [0.4, 0.5) is 0 Å². The molecule has 3 aliphatic rings. The van der Waals surface area contributed by atoms with Gasteiger partial charge in [-0.2, -0.15) is 0 Å². The number of nitrogens with one attached hydrogen (secondary N) is 2. The van der Waals surface area contributed by atoms with Gasteiger partial charge in [0, 0.05) is 50.5 Å². The number of aliphatic hydroxyl groups is 1. The van der Waals surface area contributed by atoms with Crippen molar-refractivity contribution in [3.63, 3.8) is 0 Å². The first-order valence-corrected chi connectivity index (χ1v) is 19.3. The van der Waals surface area contributed by atoms with Crippen molar-refractivity contribution >= 4 is 11.8 Å². The summed E-state index contributed by atoms with van der Waals surface area (Å²) in [6.45, 7) is 6.06. The van der Waals surface area contributed by atoms with E-state index in [1.807, 2.05) is 24.3 Å². The molecule has 0 aromatic heterocycles. The van der Waals surface area contributed by atoms with Crippen LogP contribution in [-0.4, -0.2) is 76.8 Å². The van der Waals surface area contributed by atoms with Crippen molar-refractivity contribution < 1.29 is 29.4 Å². The molecule has 4 N–H and O–H groups in total. The topological polar surface area (TPSA) is 124 Å². The quantitative estimate of drug-likeness (QED) is 0.0720. The van der Waals surface area contributed by atoms with Crippen LogP contribution in [0.5, 0.6) is 0 Å². The van der Waals surface area contributed by atoms with Gasteiger partial charge in [0.05, 0.1) is 18.8 Å². The predicted molar refractivity (Wildman–Crippen MR) is 200 cm³/mol. The molecule has 280 valence electrons. The lowest BCUT2D eigenvalue weighted by molar-refractivity contribution is -0.253. The molecule has 0 aliphatic carbocycles. The van der Waals surface area contributed by atoms with Gasteiger partial charge in [0.15, 0.2) is 6.29 Å².